The number of ether oxygens (including phenoxy) is 3. The van der Waals surface area contributed by atoms with Crippen molar-refractivity contribution in [2.24, 2.45) is 0 Å². The van der Waals surface area contributed by atoms with Gasteiger partial charge in [-0.1, -0.05) is 36.9 Å². The molecule has 1 N–H and O–H groups in total. The summed E-state index contributed by atoms with van der Waals surface area (Å²) in [6.07, 6.45) is 1.50. The van der Waals surface area contributed by atoms with Crippen molar-refractivity contribution in [1.82, 2.24) is 4.98 Å². The number of amides is 1. The van der Waals surface area contributed by atoms with E-state index in [1.54, 1.807) is 37.6 Å². The Morgan fingerprint density at radius 2 is 1.81 bits per heavy atom. The molecule has 0 bridgehead atoms. The molecule has 0 fully saturated rings. The number of nitrogens with one attached hydrogen (secondary N) is 1. The number of methoxy groups -OCH3 is 1. The first-order chi connectivity index (χ1) is 15.4. The number of nitrogens with zero attached hydrogens (tertiary/aromatic N) is 1. The van der Waals surface area contributed by atoms with Gasteiger partial charge in [-0.05, 0) is 54.8 Å². The van der Waals surface area contributed by atoms with Crippen molar-refractivity contribution in [2.75, 3.05) is 19.0 Å². The molecule has 1 amide bonds. The van der Waals surface area contributed by atoms with Crippen LogP contribution < -0.4 is 14.8 Å². The molecule has 1 heterocycles. The van der Waals surface area contributed by atoms with E-state index in [0.717, 1.165) is 16.7 Å². The second-order valence-corrected chi connectivity index (χ2v) is 7.52. The van der Waals surface area contributed by atoms with Crippen LogP contribution in [-0.4, -0.2) is 30.7 Å². The molecule has 0 spiro atoms. The molecular formula is C26H28N2O4. The van der Waals surface area contributed by atoms with Gasteiger partial charge in [0.15, 0.2) is 0 Å². The molecule has 0 aliphatic heterocycles. The third kappa shape index (κ3) is 6.68. The van der Waals surface area contributed by atoms with Crippen LogP contribution in [0.4, 0.5) is 5.82 Å². The van der Waals surface area contributed by atoms with Crippen molar-refractivity contribution in [3.8, 4) is 11.5 Å². The van der Waals surface area contributed by atoms with E-state index >= 15 is 0 Å². The third-order valence-corrected chi connectivity index (χ3v) is 4.63. The van der Waals surface area contributed by atoms with Crippen LogP contribution in [-0.2, 0) is 11.3 Å². The molecule has 0 radical (unpaired) electrons. The summed E-state index contributed by atoms with van der Waals surface area (Å²) >= 11 is 0. The molecular weight excluding hydrogens is 404 g/mol. The first-order valence-electron chi connectivity index (χ1n) is 10.4. The zero-order valence-corrected chi connectivity index (χ0v) is 18.6. The molecule has 1 unspecified atom stereocenters. The predicted octanol–water partition coefficient (Wildman–Crippen LogP) is 5.36. The lowest BCUT2D eigenvalue weighted by Crippen LogP contribution is -2.19. The van der Waals surface area contributed by atoms with Crippen LogP contribution in [0.5, 0.6) is 11.5 Å². The quantitative estimate of drug-likeness (QED) is 0.467. The summed E-state index contributed by atoms with van der Waals surface area (Å²) in [5.74, 6) is 1.20. The second-order valence-electron chi connectivity index (χ2n) is 7.52. The topological polar surface area (TPSA) is 69.7 Å². The molecule has 1 atom stereocenters. The maximum Gasteiger partial charge on any atom is 0.257 e. The maximum atomic E-state index is 12.9. The van der Waals surface area contributed by atoms with Gasteiger partial charge in [0.1, 0.15) is 30.0 Å². The summed E-state index contributed by atoms with van der Waals surface area (Å²) in [5.41, 5.74) is 3.26. The van der Waals surface area contributed by atoms with Crippen LogP contribution in [0.1, 0.15) is 35.3 Å². The fourth-order valence-electron chi connectivity index (χ4n) is 3.00. The predicted molar refractivity (Wildman–Crippen MR) is 126 cm³/mol. The first-order valence-corrected chi connectivity index (χ1v) is 10.4. The summed E-state index contributed by atoms with van der Waals surface area (Å²) in [6.45, 7) is 8.50. The van der Waals surface area contributed by atoms with Gasteiger partial charge >= 0.3 is 0 Å². The summed E-state index contributed by atoms with van der Waals surface area (Å²) in [6, 6.07) is 18.6. The SMILES string of the molecule is C=C(C)c1ccc(NC(=O)c2cc(OCc3ccccc3)cc(OC(C)COC)c2)nc1. The van der Waals surface area contributed by atoms with Crippen molar-refractivity contribution in [3.63, 3.8) is 0 Å². The molecule has 0 aliphatic rings. The number of carbonyl (C=O) groups is 1. The molecule has 166 valence electrons. The van der Waals surface area contributed by atoms with E-state index in [9.17, 15) is 4.79 Å². The molecule has 32 heavy (non-hydrogen) atoms. The number of benzene rings is 2. The van der Waals surface area contributed by atoms with Crippen LogP contribution in [0, 0.1) is 0 Å². The van der Waals surface area contributed by atoms with Crippen molar-refractivity contribution in [3.05, 3.63) is 90.1 Å². The van der Waals surface area contributed by atoms with Crippen LogP contribution in [0.15, 0.2) is 73.4 Å². The van der Waals surface area contributed by atoms with E-state index in [1.165, 1.54) is 0 Å². The Hall–Kier alpha value is -3.64. The lowest BCUT2D eigenvalue weighted by Gasteiger charge is -2.16. The number of carbonyl (C=O) groups excluding carboxylic acids is 1. The van der Waals surface area contributed by atoms with Gasteiger partial charge in [0.2, 0.25) is 0 Å². The number of allylic oxidation sites excluding steroid dienone is 1. The highest BCUT2D eigenvalue weighted by Crippen LogP contribution is 2.26. The van der Waals surface area contributed by atoms with Gasteiger partial charge in [-0.3, -0.25) is 4.79 Å². The molecule has 6 nitrogen and oxygen atoms in total. The normalized spacial score (nSPS) is 11.5. The zero-order valence-electron chi connectivity index (χ0n) is 18.6. The van der Waals surface area contributed by atoms with Gasteiger partial charge in [-0.15, -0.1) is 0 Å². The Bertz CT molecular complexity index is 1050. The summed E-state index contributed by atoms with van der Waals surface area (Å²) in [4.78, 5) is 17.2. The Kier molecular flexibility index (Phi) is 8.00. The summed E-state index contributed by atoms with van der Waals surface area (Å²) in [7, 11) is 1.62. The first kappa shape index (κ1) is 23.0. The highest BCUT2D eigenvalue weighted by atomic mass is 16.5. The number of anilines is 1. The van der Waals surface area contributed by atoms with Gasteiger partial charge in [0.05, 0.1) is 6.61 Å². The molecule has 3 aromatic rings. The average molecular weight is 433 g/mol. The smallest absolute Gasteiger partial charge is 0.257 e. The lowest BCUT2D eigenvalue weighted by atomic mass is 10.1. The van der Waals surface area contributed by atoms with Crippen LogP contribution in [0.3, 0.4) is 0 Å². The summed E-state index contributed by atoms with van der Waals surface area (Å²) < 4.78 is 17.0. The minimum atomic E-state index is -0.310. The monoisotopic (exact) mass is 432 g/mol. The van der Waals surface area contributed by atoms with Crippen LogP contribution >= 0.6 is 0 Å². The number of rotatable bonds is 10. The average Bonchev–Trinajstić information content (AvgIpc) is 2.78. The lowest BCUT2D eigenvalue weighted by molar-refractivity contribution is 0.0914. The van der Waals surface area contributed by atoms with Gasteiger partial charge in [0, 0.05) is 24.9 Å². The maximum absolute atomic E-state index is 12.9. The number of hydrogen-bond acceptors (Lipinski definition) is 5. The van der Waals surface area contributed by atoms with Gasteiger partial charge in [0.25, 0.3) is 5.91 Å². The van der Waals surface area contributed by atoms with Crippen molar-refractivity contribution >= 4 is 17.3 Å². The van der Waals surface area contributed by atoms with E-state index in [0.29, 0.717) is 36.1 Å². The van der Waals surface area contributed by atoms with Crippen molar-refractivity contribution in [2.45, 2.75) is 26.6 Å². The fraction of sp³-hybridized carbons (Fsp3) is 0.231. The third-order valence-electron chi connectivity index (χ3n) is 4.63. The standard InChI is InChI=1S/C26H28N2O4/c1-18(2)21-10-11-25(27-15-21)28-26(29)22-12-23(31-17-20-8-6-5-7-9-20)14-24(13-22)32-19(3)16-30-4/h5-15,19H,1,16-17H2,2-4H3,(H,27,28,29). The Morgan fingerprint density at radius 3 is 2.47 bits per heavy atom. The van der Waals surface area contributed by atoms with Gasteiger partial charge < -0.3 is 19.5 Å². The Morgan fingerprint density at radius 1 is 1.06 bits per heavy atom. The van der Waals surface area contributed by atoms with Crippen LogP contribution in [0.25, 0.3) is 5.57 Å². The molecule has 0 aliphatic carbocycles. The largest absolute Gasteiger partial charge is 0.489 e. The highest BCUT2D eigenvalue weighted by molar-refractivity contribution is 6.04. The molecule has 2 aromatic carbocycles. The number of aromatic nitrogens is 1. The Balaban J connectivity index is 1.79. The van der Waals surface area contributed by atoms with Crippen molar-refractivity contribution < 1.29 is 19.0 Å². The van der Waals surface area contributed by atoms with E-state index in [-0.39, 0.29) is 12.0 Å². The van der Waals surface area contributed by atoms with E-state index in [4.69, 9.17) is 14.2 Å². The van der Waals surface area contributed by atoms with E-state index in [1.807, 2.05) is 50.2 Å². The molecule has 6 heteroatoms. The fourth-order valence-corrected chi connectivity index (χ4v) is 3.00. The second kappa shape index (κ2) is 11.1. The number of hydrogen-bond donors (Lipinski definition) is 1. The number of pyridine rings is 1. The van der Waals surface area contributed by atoms with Crippen LogP contribution in [0.2, 0.25) is 0 Å². The minimum Gasteiger partial charge on any atom is -0.489 e. The molecule has 1 aromatic heterocycles. The molecule has 3 rings (SSSR count). The minimum absolute atomic E-state index is 0.184. The van der Waals surface area contributed by atoms with E-state index in [2.05, 4.69) is 16.9 Å². The van der Waals surface area contributed by atoms with Gasteiger partial charge in [-0.2, -0.15) is 0 Å². The Labute approximate surface area is 188 Å². The zero-order chi connectivity index (χ0) is 22.9. The van der Waals surface area contributed by atoms with E-state index < -0.39 is 0 Å². The molecule has 0 saturated heterocycles. The highest BCUT2D eigenvalue weighted by Gasteiger charge is 2.13. The summed E-state index contributed by atoms with van der Waals surface area (Å²) in [5, 5.41) is 2.82. The van der Waals surface area contributed by atoms with Crippen molar-refractivity contribution in [1.29, 1.82) is 0 Å². The van der Waals surface area contributed by atoms with Gasteiger partial charge in [-0.25, -0.2) is 4.98 Å². The molecule has 0 saturated carbocycles.